The maximum absolute atomic E-state index is 11.9. The zero-order valence-electron chi connectivity index (χ0n) is 12.0. The van der Waals surface area contributed by atoms with E-state index >= 15 is 0 Å². The number of esters is 1. The molecule has 0 bridgehead atoms. The Balaban J connectivity index is 2.64. The van der Waals surface area contributed by atoms with Crippen LogP contribution in [0.2, 0.25) is 0 Å². The molecule has 0 aromatic rings. The number of alkyl carbamates (subject to hydrolysis) is 1. The molecular weight excluding hydrogens is 250 g/mol. The van der Waals surface area contributed by atoms with E-state index in [0.29, 0.717) is 12.8 Å². The molecule has 0 heterocycles. The Bertz CT molecular complexity index is 343. The highest BCUT2D eigenvalue weighted by Gasteiger charge is 2.57. The number of ether oxygens (including phenoxy) is 2. The second-order valence-corrected chi connectivity index (χ2v) is 5.76. The number of hydrogen-bond donors (Lipinski definition) is 2. The van der Waals surface area contributed by atoms with Crippen molar-refractivity contribution in [2.45, 2.75) is 52.2 Å². The molecule has 0 spiro atoms. The molecule has 6 nitrogen and oxygen atoms in total. The van der Waals surface area contributed by atoms with E-state index < -0.39 is 23.2 Å². The van der Waals surface area contributed by atoms with Gasteiger partial charge < -0.3 is 19.9 Å². The zero-order chi connectivity index (χ0) is 14.7. The van der Waals surface area contributed by atoms with Gasteiger partial charge in [0.15, 0.2) is 0 Å². The summed E-state index contributed by atoms with van der Waals surface area (Å²) in [5.41, 5.74) is -1.41. The molecule has 0 aromatic carbocycles. The van der Waals surface area contributed by atoms with Gasteiger partial charge in [0.05, 0.1) is 24.7 Å². The number of amides is 1. The molecule has 1 saturated carbocycles. The molecule has 0 aromatic heterocycles. The van der Waals surface area contributed by atoms with Crippen LogP contribution in [0.15, 0.2) is 0 Å². The predicted molar refractivity (Wildman–Crippen MR) is 68.5 cm³/mol. The van der Waals surface area contributed by atoms with Crippen LogP contribution in [0.1, 0.15) is 40.5 Å². The predicted octanol–water partition coefficient (Wildman–Crippen LogP) is 1.22. The molecular formula is C13H23NO5. The molecule has 0 unspecified atom stereocenters. The monoisotopic (exact) mass is 273 g/mol. The van der Waals surface area contributed by atoms with Gasteiger partial charge in [-0.05, 0) is 40.5 Å². The van der Waals surface area contributed by atoms with Gasteiger partial charge in [0.2, 0.25) is 0 Å². The van der Waals surface area contributed by atoms with Crippen molar-refractivity contribution in [1.82, 2.24) is 5.32 Å². The third kappa shape index (κ3) is 4.09. The average Bonchev–Trinajstić information content (AvgIpc) is 3.05. The van der Waals surface area contributed by atoms with E-state index in [1.807, 2.05) is 0 Å². The van der Waals surface area contributed by atoms with Gasteiger partial charge in [-0.3, -0.25) is 4.79 Å². The summed E-state index contributed by atoms with van der Waals surface area (Å²) >= 11 is 0. The van der Waals surface area contributed by atoms with Crippen molar-refractivity contribution in [3.63, 3.8) is 0 Å². The number of aliphatic hydroxyl groups is 1. The van der Waals surface area contributed by atoms with Crippen LogP contribution < -0.4 is 5.32 Å². The molecule has 1 atom stereocenters. The van der Waals surface area contributed by atoms with Crippen LogP contribution in [-0.4, -0.2) is 42.0 Å². The zero-order valence-corrected chi connectivity index (χ0v) is 12.0. The van der Waals surface area contributed by atoms with E-state index in [2.05, 4.69) is 5.32 Å². The molecule has 1 aliphatic rings. The molecule has 1 rings (SSSR count). The van der Waals surface area contributed by atoms with Gasteiger partial charge >= 0.3 is 12.1 Å². The third-order valence-corrected chi connectivity index (χ3v) is 3.01. The average molecular weight is 273 g/mol. The van der Waals surface area contributed by atoms with Crippen molar-refractivity contribution < 1.29 is 24.2 Å². The van der Waals surface area contributed by atoms with E-state index in [1.54, 1.807) is 27.7 Å². The SMILES string of the molecule is CCOC(=O)C1([C@H](CO)NC(=O)OC(C)(C)C)CC1. The number of nitrogens with one attached hydrogen (secondary N) is 1. The van der Waals surface area contributed by atoms with E-state index in [0.717, 1.165) is 0 Å². The summed E-state index contributed by atoms with van der Waals surface area (Å²) in [7, 11) is 0. The van der Waals surface area contributed by atoms with Crippen molar-refractivity contribution >= 4 is 12.1 Å². The van der Waals surface area contributed by atoms with Crippen LogP contribution in [0, 0.1) is 5.41 Å². The lowest BCUT2D eigenvalue weighted by Gasteiger charge is -2.26. The number of hydrogen-bond acceptors (Lipinski definition) is 5. The first-order valence-electron chi connectivity index (χ1n) is 6.53. The highest BCUT2D eigenvalue weighted by atomic mass is 16.6. The first-order valence-corrected chi connectivity index (χ1v) is 6.53. The van der Waals surface area contributed by atoms with Crippen LogP contribution >= 0.6 is 0 Å². The molecule has 0 radical (unpaired) electrons. The number of carbonyl (C=O) groups excluding carboxylic acids is 2. The number of aliphatic hydroxyl groups excluding tert-OH is 1. The molecule has 1 amide bonds. The van der Waals surface area contributed by atoms with Crippen molar-refractivity contribution in [1.29, 1.82) is 0 Å². The van der Waals surface area contributed by atoms with E-state index in [-0.39, 0.29) is 19.2 Å². The molecule has 1 aliphatic carbocycles. The van der Waals surface area contributed by atoms with Crippen molar-refractivity contribution in [2.24, 2.45) is 5.41 Å². The van der Waals surface area contributed by atoms with Crippen LogP contribution in [0.25, 0.3) is 0 Å². The highest BCUT2D eigenvalue weighted by molar-refractivity contribution is 5.82. The largest absolute Gasteiger partial charge is 0.466 e. The molecule has 110 valence electrons. The minimum atomic E-state index is -0.790. The fraction of sp³-hybridized carbons (Fsp3) is 0.846. The van der Waals surface area contributed by atoms with Crippen LogP contribution in [-0.2, 0) is 14.3 Å². The summed E-state index contributed by atoms with van der Waals surface area (Å²) in [6, 6.07) is -0.665. The molecule has 2 N–H and O–H groups in total. The van der Waals surface area contributed by atoms with Crippen LogP contribution in [0.3, 0.4) is 0 Å². The smallest absolute Gasteiger partial charge is 0.407 e. The minimum absolute atomic E-state index is 0.283. The lowest BCUT2D eigenvalue weighted by Crippen LogP contribution is -2.49. The topological polar surface area (TPSA) is 84.9 Å². The number of carbonyl (C=O) groups is 2. The fourth-order valence-corrected chi connectivity index (χ4v) is 1.91. The maximum Gasteiger partial charge on any atom is 0.407 e. The quantitative estimate of drug-likeness (QED) is 0.736. The summed E-state index contributed by atoms with van der Waals surface area (Å²) in [4.78, 5) is 23.6. The maximum atomic E-state index is 11.9. The Morgan fingerprint density at radius 1 is 1.37 bits per heavy atom. The van der Waals surface area contributed by atoms with E-state index in [4.69, 9.17) is 9.47 Å². The van der Waals surface area contributed by atoms with Gasteiger partial charge in [-0.25, -0.2) is 4.79 Å². The first-order chi connectivity index (χ1) is 8.75. The van der Waals surface area contributed by atoms with Gasteiger partial charge in [-0.15, -0.1) is 0 Å². The Morgan fingerprint density at radius 3 is 2.32 bits per heavy atom. The lowest BCUT2D eigenvalue weighted by atomic mass is 9.97. The normalized spacial score (nSPS) is 18.4. The summed E-state index contributed by atoms with van der Waals surface area (Å²) in [6.45, 7) is 6.93. The second-order valence-electron chi connectivity index (χ2n) is 5.76. The third-order valence-electron chi connectivity index (χ3n) is 3.01. The minimum Gasteiger partial charge on any atom is -0.466 e. The van der Waals surface area contributed by atoms with Gasteiger partial charge in [0.25, 0.3) is 0 Å². The Kier molecular flexibility index (Phi) is 4.79. The standard InChI is InChI=1S/C13H23NO5/c1-5-18-10(16)13(6-7-13)9(8-15)14-11(17)19-12(2,3)4/h9,15H,5-8H2,1-4H3,(H,14,17)/t9-/m0/s1. The Hall–Kier alpha value is -1.30. The van der Waals surface area contributed by atoms with Crippen molar-refractivity contribution in [3.8, 4) is 0 Å². The lowest BCUT2D eigenvalue weighted by molar-refractivity contribution is -0.151. The molecule has 1 fully saturated rings. The Labute approximate surface area is 113 Å². The highest BCUT2D eigenvalue weighted by Crippen LogP contribution is 2.49. The van der Waals surface area contributed by atoms with E-state index in [9.17, 15) is 14.7 Å². The van der Waals surface area contributed by atoms with Crippen molar-refractivity contribution in [2.75, 3.05) is 13.2 Å². The first kappa shape index (κ1) is 15.8. The summed E-state index contributed by atoms with van der Waals surface area (Å²) in [5, 5.41) is 11.9. The molecule has 6 heteroatoms. The molecule has 0 aliphatic heterocycles. The van der Waals surface area contributed by atoms with Crippen LogP contribution in [0.4, 0.5) is 4.79 Å². The van der Waals surface area contributed by atoms with Crippen LogP contribution in [0.5, 0.6) is 0 Å². The summed E-state index contributed by atoms with van der Waals surface area (Å²) < 4.78 is 10.1. The number of rotatable bonds is 5. The molecule has 0 saturated heterocycles. The van der Waals surface area contributed by atoms with Gasteiger partial charge in [-0.1, -0.05) is 0 Å². The fourth-order valence-electron chi connectivity index (χ4n) is 1.91. The van der Waals surface area contributed by atoms with Crippen molar-refractivity contribution in [3.05, 3.63) is 0 Å². The van der Waals surface area contributed by atoms with Gasteiger partial charge in [0.1, 0.15) is 5.60 Å². The molecule has 19 heavy (non-hydrogen) atoms. The van der Waals surface area contributed by atoms with Gasteiger partial charge in [0, 0.05) is 0 Å². The second kappa shape index (κ2) is 5.77. The van der Waals surface area contributed by atoms with Gasteiger partial charge in [-0.2, -0.15) is 0 Å². The Morgan fingerprint density at radius 2 is 1.95 bits per heavy atom. The summed E-state index contributed by atoms with van der Waals surface area (Å²) in [6.07, 6.45) is 0.571. The summed E-state index contributed by atoms with van der Waals surface area (Å²) in [5.74, 6) is -0.370. The van der Waals surface area contributed by atoms with E-state index in [1.165, 1.54) is 0 Å².